The van der Waals surface area contributed by atoms with Gasteiger partial charge < -0.3 is 19.7 Å². The molecule has 0 radical (unpaired) electrons. The van der Waals surface area contributed by atoms with E-state index in [2.05, 4.69) is 31.1 Å². The van der Waals surface area contributed by atoms with Crippen LogP contribution in [0.1, 0.15) is 12.0 Å². The third-order valence-corrected chi connectivity index (χ3v) is 6.46. The zero-order valence-electron chi connectivity index (χ0n) is 19.4. The summed E-state index contributed by atoms with van der Waals surface area (Å²) in [4.78, 5) is 0.0213. The molecule has 2 rings (SSSR count). The van der Waals surface area contributed by atoms with Crippen LogP contribution in [0.25, 0.3) is 0 Å². The molecule has 2 aromatic carbocycles. The molecule has 0 amide bonds. The molecule has 0 bridgehead atoms. The van der Waals surface area contributed by atoms with Crippen molar-refractivity contribution in [1.82, 2.24) is 0 Å². The van der Waals surface area contributed by atoms with E-state index in [0.717, 1.165) is 5.56 Å². The maximum absolute atomic E-state index is 12.2. The fraction of sp³-hybridized carbons (Fsp3) is 0.417. The fourth-order valence-electron chi connectivity index (χ4n) is 2.54. The van der Waals surface area contributed by atoms with Crippen molar-refractivity contribution >= 4 is 18.2 Å². The van der Waals surface area contributed by atoms with Crippen LogP contribution >= 0.6 is 0 Å². The number of benzene rings is 2. The van der Waals surface area contributed by atoms with E-state index in [4.69, 9.17) is 13.7 Å². The lowest BCUT2D eigenvalue weighted by Gasteiger charge is -2.16. The monoisotopic (exact) mass is 492 g/mol. The Morgan fingerprint density at radius 2 is 1.42 bits per heavy atom. The Kier molecular flexibility index (Phi) is 9.95. The number of aryl methyl sites for hydroxylation is 1. The largest absolute Gasteiger partial charge is 0.487 e. The molecule has 0 aliphatic carbocycles. The van der Waals surface area contributed by atoms with Gasteiger partial charge in [-0.15, -0.1) is 11.5 Å². The molecule has 0 aromatic heterocycles. The average Bonchev–Trinajstić information content (AvgIpc) is 2.75. The van der Waals surface area contributed by atoms with Crippen molar-refractivity contribution in [3.05, 3.63) is 54.1 Å². The number of hydrogen-bond acceptors (Lipinski definition) is 7. The Labute approximate surface area is 197 Å². The van der Waals surface area contributed by atoms with Gasteiger partial charge in [0.05, 0.1) is 17.6 Å². The molecule has 0 fully saturated rings. The molecule has 2 aromatic rings. The summed E-state index contributed by atoms with van der Waals surface area (Å²) in [5.74, 6) is 3.77. The van der Waals surface area contributed by atoms with E-state index < -0.39 is 37.0 Å². The quantitative estimate of drug-likeness (QED) is 0.282. The minimum absolute atomic E-state index is 0.0213. The third kappa shape index (κ3) is 9.98. The van der Waals surface area contributed by atoms with Crippen LogP contribution in [-0.2, 0) is 14.3 Å². The van der Waals surface area contributed by atoms with E-state index in [1.54, 1.807) is 36.4 Å². The first kappa shape index (κ1) is 26.9. The molecule has 0 aliphatic heterocycles. The molecule has 0 saturated carbocycles. The summed E-state index contributed by atoms with van der Waals surface area (Å²) in [5, 5.41) is 20.2. The number of aliphatic hydroxyl groups excluding tert-OH is 2. The van der Waals surface area contributed by atoms with E-state index >= 15 is 0 Å². The average molecular weight is 493 g/mol. The molecule has 0 saturated heterocycles. The molecule has 2 atom stereocenters. The molecule has 180 valence electrons. The van der Waals surface area contributed by atoms with Gasteiger partial charge in [-0.05, 0) is 31.2 Å². The van der Waals surface area contributed by atoms with Crippen molar-refractivity contribution in [2.45, 2.75) is 50.1 Å². The van der Waals surface area contributed by atoms with E-state index in [0.29, 0.717) is 17.9 Å². The lowest BCUT2D eigenvalue weighted by molar-refractivity contribution is 0.0619. The van der Waals surface area contributed by atoms with Crippen LogP contribution in [0.3, 0.4) is 0 Å². The van der Waals surface area contributed by atoms with E-state index in [1.165, 1.54) is 12.1 Å². The summed E-state index contributed by atoms with van der Waals surface area (Å²) in [7, 11) is -5.46. The predicted molar refractivity (Wildman–Crippen MR) is 130 cm³/mol. The second kappa shape index (κ2) is 12.2. The summed E-state index contributed by atoms with van der Waals surface area (Å²) in [6, 6.07) is 13.1. The molecule has 0 spiro atoms. The van der Waals surface area contributed by atoms with Gasteiger partial charge in [-0.25, -0.2) is 0 Å². The van der Waals surface area contributed by atoms with Crippen LogP contribution in [0, 0.1) is 18.4 Å². The standard InChI is InChI=1S/C24H32O7SSi/c1-19-11-13-22(14-12-19)32(27,28)31-18-21(26)17-30-24-10-6-5-9-23(24)29-16-20(25)8-7-15-33(2,3)4/h5-6,9-14,20-21,25-26H,8,16-18H2,1-4H3/t20-,21-/m1/s1. The van der Waals surface area contributed by atoms with Crippen LogP contribution < -0.4 is 9.47 Å². The smallest absolute Gasteiger partial charge is 0.297 e. The molecular weight excluding hydrogens is 460 g/mol. The molecule has 0 heterocycles. The van der Waals surface area contributed by atoms with Crippen molar-refractivity contribution in [2.24, 2.45) is 0 Å². The first-order chi connectivity index (χ1) is 15.5. The first-order valence-corrected chi connectivity index (χ1v) is 15.5. The van der Waals surface area contributed by atoms with Gasteiger partial charge >= 0.3 is 0 Å². The van der Waals surface area contributed by atoms with Crippen LogP contribution in [0.2, 0.25) is 19.6 Å². The molecule has 0 aliphatic rings. The van der Waals surface area contributed by atoms with E-state index in [1.807, 2.05) is 6.92 Å². The highest BCUT2D eigenvalue weighted by Gasteiger charge is 2.18. The molecule has 2 N–H and O–H groups in total. The Balaban J connectivity index is 1.85. The van der Waals surface area contributed by atoms with Crippen LogP contribution in [-0.4, -0.2) is 58.7 Å². The van der Waals surface area contributed by atoms with Gasteiger partial charge in [-0.3, -0.25) is 4.18 Å². The van der Waals surface area contributed by atoms with Gasteiger partial charge in [0.1, 0.15) is 27.4 Å². The van der Waals surface area contributed by atoms with Crippen LogP contribution in [0.15, 0.2) is 53.4 Å². The first-order valence-electron chi connectivity index (χ1n) is 10.6. The number of hydrogen-bond donors (Lipinski definition) is 2. The molecular formula is C24H32O7SSi. The zero-order chi connectivity index (χ0) is 24.5. The summed E-state index contributed by atoms with van der Waals surface area (Å²) < 4.78 is 40.6. The fourth-order valence-corrected chi connectivity index (χ4v) is 4.12. The minimum Gasteiger partial charge on any atom is -0.487 e. The Bertz CT molecular complexity index is 1050. The summed E-state index contributed by atoms with van der Waals surface area (Å²) in [5.41, 5.74) is 4.12. The van der Waals surface area contributed by atoms with Gasteiger partial charge in [0, 0.05) is 6.42 Å². The number of ether oxygens (including phenoxy) is 2. The highest BCUT2D eigenvalue weighted by atomic mass is 32.2. The van der Waals surface area contributed by atoms with Crippen molar-refractivity contribution in [1.29, 1.82) is 0 Å². The summed E-state index contributed by atoms with van der Waals surface area (Å²) in [6.45, 7) is 7.64. The highest BCUT2D eigenvalue weighted by molar-refractivity contribution is 7.86. The predicted octanol–water partition coefficient (Wildman–Crippen LogP) is 3.15. The summed E-state index contributed by atoms with van der Waals surface area (Å²) in [6.07, 6.45) is -1.60. The summed E-state index contributed by atoms with van der Waals surface area (Å²) >= 11 is 0. The molecule has 0 unspecified atom stereocenters. The maximum Gasteiger partial charge on any atom is 0.297 e. The number of para-hydroxylation sites is 2. The highest BCUT2D eigenvalue weighted by Crippen LogP contribution is 2.27. The van der Waals surface area contributed by atoms with Gasteiger partial charge in [0.15, 0.2) is 11.5 Å². The maximum atomic E-state index is 12.2. The Morgan fingerprint density at radius 1 is 0.879 bits per heavy atom. The number of aliphatic hydroxyl groups is 2. The topological polar surface area (TPSA) is 102 Å². The third-order valence-electron chi connectivity index (χ3n) is 4.24. The minimum atomic E-state index is -3.98. The van der Waals surface area contributed by atoms with Crippen molar-refractivity contribution in [3.63, 3.8) is 0 Å². The van der Waals surface area contributed by atoms with Crippen molar-refractivity contribution in [2.75, 3.05) is 19.8 Å². The van der Waals surface area contributed by atoms with Gasteiger partial charge in [-0.2, -0.15) is 8.42 Å². The molecule has 33 heavy (non-hydrogen) atoms. The lowest BCUT2D eigenvalue weighted by Crippen LogP contribution is -2.25. The van der Waals surface area contributed by atoms with E-state index in [-0.39, 0.29) is 18.1 Å². The van der Waals surface area contributed by atoms with Crippen molar-refractivity contribution in [3.8, 4) is 23.0 Å². The normalized spacial score (nSPS) is 13.5. The second-order valence-electron chi connectivity index (χ2n) is 8.68. The second-order valence-corrected chi connectivity index (χ2v) is 15.0. The van der Waals surface area contributed by atoms with Crippen LogP contribution in [0.5, 0.6) is 11.5 Å². The van der Waals surface area contributed by atoms with Crippen LogP contribution in [0.4, 0.5) is 0 Å². The van der Waals surface area contributed by atoms with Gasteiger partial charge in [0.2, 0.25) is 0 Å². The van der Waals surface area contributed by atoms with Gasteiger partial charge in [0.25, 0.3) is 10.1 Å². The van der Waals surface area contributed by atoms with Gasteiger partial charge in [-0.1, -0.05) is 49.5 Å². The number of rotatable bonds is 11. The Morgan fingerprint density at radius 3 is 1.97 bits per heavy atom. The Hall–Kier alpha value is -2.35. The zero-order valence-corrected chi connectivity index (χ0v) is 21.3. The van der Waals surface area contributed by atoms with E-state index in [9.17, 15) is 18.6 Å². The molecule has 9 heteroatoms. The van der Waals surface area contributed by atoms with Crippen molar-refractivity contribution < 1.29 is 32.3 Å². The SMILES string of the molecule is Cc1ccc(S(=O)(=O)OC[C@H](O)COc2ccccc2OC[C@H](O)CC#C[Si](C)(C)C)cc1. The lowest BCUT2D eigenvalue weighted by atomic mass is 10.2. The molecule has 7 nitrogen and oxygen atoms in total.